The molecule has 0 amide bonds. The van der Waals surface area contributed by atoms with Crippen LogP contribution in [-0.4, -0.2) is 68.1 Å². The summed E-state index contributed by atoms with van der Waals surface area (Å²) in [5.74, 6) is 2.29. The van der Waals surface area contributed by atoms with Crippen LogP contribution in [0.3, 0.4) is 0 Å². The van der Waals surface area contributed by atoms with E-state index >= 15 is 0 Å². The zero-order chi connectivity index (χ0) is 20.5. The summed E-state index contributed by atoms with van der Waals surface area (Å²) in [6.07, 6.45) is 3.90. The van der Waals surface area contributed by atoms with E-state index in [1.807, 2.05) is 55.3 Å². The quantitative estimate of drug-likeness (QED) is 0.503. The van der Waals surface area contributed by atoms with Gasteiger partial charge in [0.1, 0.15) is 17.6 Å². The van der Waals surface area contributed by atoms with Gasteiger partial charge in [0, 0.05) is 38.5 Å². The number of aromatic nitrogens is 2. The summed E-state index contributed by atoms with van der Waals surface area (Å²) in [4.78, 5) is 6.46. The Kier molecular flexibility index (Phi) is 8.13. The summed E-state index contributed by atoms with van der Waals surface area (Å²) < 4.78 is 13.0. The molecule has 0 fully saturated rings. The average Bonchev–Trinajstić information content (AvgIpc) is 3.10. The molecule has 8 nitrogen and oxygen atoms in total. The molecule has 28 heavy (non-hydrogen) atoms. The number of benzene rings is 1. The van der Waals surface area contributed by atoms with Gasteiger partial charge in [-0.1, -0.05) is 6.07 Å². The van der Waals surface area contributed by atoms with E-state index < -0.39 is 0 Å². The van der Waals surface area contributed by atoms with Crippen molar-refractivity contribution in [2.24, 2.45) is 12.0 Å². The molecule has 2 atom stereocenters. The van der Waals surface area contributed by atoms with Gasteiger partial charge in [0.15, 0.2) is 5.96 Å². The lowest BCUT2D eigenvalue weighted by molar-refractivity contribution is 0.222. The lowest BCUT2D eigenvalue weighted by Crippen LogP contribution is -2.44. The topological polar surface area (TPSA) is 75.9 Å². The maximum absolute atomic E-state index is 5.94. The molecular formula is C20H32N6O2. The van der Waals surface area contributed by atoms with Crippen molar-refractivity contribution in [2.45, 2.75) is 19.1 Å². The highest BCUT2D eigenvalue weighted by Crippen LogP contribution is 2.20. The Hall–Kier alpha value is -2.74. The van der Waals surface area contributed by atoms with Crippen molar-refractivity contribution in [2.75, 3.05) is 41.3 Å². The van der Waals surface area contributed by atoms with Gasteiger partial charge >= 0.3 is 0 Å². The Morgan fingerprint density at radius 1 is 1.25 bits per heavy atom. The number of methoxy groups -OCH3 is 1. The first-order valence-corrected chi connectivity index (χ1v) is 9.33. The first-order chi connectivity index (χ1) is 13.4. The van der Waals surface area contributed by atoms with E-state index in [1.165, 1.54) is 0 Å². The van der Waals surface area contributed by atoms with Crippen LogP contribution >= 0.6 is 0 Å². The third kappa shape index (κ3) is 6.45. The molecule has 2 N–H and O–H groups in total. The maximum Gasteiger partial charge on any atom is 0.191 e. The van der Waals surface area contributed by atoms with Crippen LogP contribution in [0.4, 0.5) is 0 Å². The van der Waals surface area contributed by atoms with Gasteiger partial charge in [0.2, 0.25) is 0 Å². The smallest absolute Gasteiger partial charge is 0.191 e. The molecular weight excluding hydrogens is 356 g/mol. The van der Waals surface area contributed by atoms with Gasteiger partial charge in [-0.25, -0.2) is 0 Å². The standard InChI is InChI=1S/C20H32N6O2/c1-15(28-18-9-7-8-17(10-18)27-6)11-22-20(21-2)23-13-19(25(3)4)16-12-24-26(5)14-16/h7-10,12,14-15,19H,11,13H2,1-6H3,(H2,21,22,23). The SMILES string of the molecule is CN=C(NCC(C)Oc1cccc(OC)c1)NCC(c1cnn(C)c1)N(C)C. The molecule has 8 heteroatoms. The monoisotopic (exact) mass is 388 g/mol. The number of aryl methyl sites for hydroxylation is 1. The maximum atomic E-state index is 5.94. The van der Waals surface area contributed by atoms with Crippen molar-refractivity contribution in [1.82, 2.24) is 25.3 Å². The molecule has 0 spiro atoms. The summed E-state index contributed by atoms with van der Waals surface area (Å²) >= 11 is 0. The minimum absolute atomic E-state index is 0.0337. The van der Waals surface area contributed by atoms with Crippen LogP contribution < -0.4 is 20.1 Å². The highest BCUT2D eigenvalue weighted by atomic mass is 16.5. The summed E-state index contributed by atoms with van der Waals surface area (Å²) in [6.45, 7) is 3.35. The van der Waals surface area contributed by atoms with Gasteiger partial charge < -0.3 is 25.0 Å². The van der Waals surface area contributed by atoms with E-state index in [1.54, 1.807) is 14.2 Å². The van der Waals surface area contributed by atoms with Crippen LogP contribution in [0.25, 0.3) is 0 Å². The van der Waals surface area contributed by atoms with Crippen LogP contribution in [0.2, 0.25) is 0 Å². The summed E-state index contributed by atoms with van der Waals surface area (Å²) in [7, 11) is 9.44. The second kappa shape index (κ2) is 10.6. The van der Waals surface area contributed by atoms with Crippen molar-refractivity contribution in [3.05, 3.63) is 42.2 Å². The Balaban J connectivity index is 1.84. The van der Waals surface area contributed by atoms with Crippen LogP contribution in [-0.2, 0) is 7.05 Å². The number of rotatable bonds is 9. The molecule has 0 saturated carbocycles. The van der Waals surface area contributed by atoms with Crippen molar-refractivity contribution in [3.63, 3.8) is 0 Å². The van der Waals surface area contributed by atoms with E-state index in [4.69, 9.17) is 9.47 Å². The zero-order valence-corrected chi connectivity index (χ0v) is 17.6. The van der Waals surface area contributed by atoms with E-state index in [0.29, 0.717) is 13.1 Å². The van der Waals surface area contributed by atoms with E-state index in [-0.39, 0.29) is 12.1 Å². The Labute approximate surface area is 167 Å². The molecule has 0 aliphatic heterocycles. The molecule has 1 aromatic heterocycles. The Morgan fingerprint density at radius 3 is 2.57 bits per heavy atom. The van der Waals surface area contributed by atoms with Crippen molar-refractivity contribution in [1.29, 1.82) is 0 Å². The van der Waals surface area contributed by atoms with E-state index in [0.717, 1.165) is 23.0 Å². The van der Waals surface area contributed by atoms with Crippen LogP contribution in [0.5, 0.6) is 11.5 Å². The molecule has 0 aliphatic rings. The zero-order valence-electron chi connectivity index (χ0n) is 17.6. The number of hydrogen-bond acceptors (Lipinski definition) is 5. The van der Waals surface area contributed by atoms with E-state index in [2.05, 4.69) is 39.7 Å². The fourth-order valence-electron chi connectivity index (χ4n) is 2.81. The number of likely N-dealkylation sites (N-methyl/N-ethyl adjacent to an activating group) is 1. The fraction of sp³-hybridized carbons (Fsp3) is 0.500. The largest absolute Gasteiger partial charge is 0.497 e. The molecule has 0 radical (unpaired) electrons. The number of hydrogen-bond donors (Lipinski definition) is 2. The first-order valence-electron chi connectivity index (χ1n) is 9.33. The highest BCUT2D eigenvalue weighted by molar-refractivity contribution is 5.79. The molecule has 1 aromatic carbocycles. The van der Waals surface area contributed by atoms with Crippen molar-refractivity contribution >= 4 is 5.96 Å². The van der Waals surface area contributed by atoms with Crippen molar-refractivity contribution in [3.8, 4) is 11.5 Å². The minimum Gasteiger partial charge on any atom is -0.497 e. The third-order valence-corrected chi connectivity index (χ3v) is 4.35. The molecule has 0 aliphatic carbocycles. The van der Waals surface area contributed by atoms with Gasteiger partial charge in [-0.05, 0) is 33.2 Å². The lowest BCUT2D eigenvalue weighted by atomic mass is 10.1. The highest BCUT2D eigenvalue weighted by Gasteiger charge is 2.16. The fourth-order valence-corrected chi connectivity index (χ4v) is 2.81. The van der Waals surface area contributed by atoms with Gasteiger partial charge in [-0.3, -0.25) is 9.67 Å². The predicted molar refractivity (Wildman–Crippen MR) is 112 cm³/mol. The van der Waals surface area contributed by atoms with E-state index in [9.17, 15) is 0 Å². The average molecular weight is 389 g/mol. The van der Waals surface area contributed by atoms with Gasteiger partial charge in [-0.2, -0.15) is 5.10 Å². The number of nitrogens with zero attached hydrogens (tertiary/aromatic N) is 4. The van der Waals surface area contributed by atoms with Crippen molar-refractivity contribution < 1.29 is 9.47 Å². The molecule has 2 unspecified atom stereocenters. The summed E-state index contributed by atoms with van der Waals surface area (Å²) in [5.41, 5.74) is 1.16. The molecule has 0 saturated heterocycles. The summed E-state index contributed by atoms with van der Waals surface area (Å²) in [5, 5.41) is 11.0. The number of nitrogens with one attached hydrogen (secondary N) is 2. The second-order valence-electron chi connectivity index (χ2n) is 6.87. The Bertz CT molecular complexity index is 759. The lowest BCUT2D eigenvalue weighted by Gasteiger charge is -2.25. The predicted octanol–water partition coefficient (Wildman–Crippen LogP) is 1.66. The molecule has 2 aromatic rings. The van der Waals surface area contributed by atoms with Gasteiger partial charge in [0.25, 0.3) is 0 Å². The third-order valence-electron chi connectivity index (χ3n) is 4.35. The minimum atomic E-state index is -0.0337. The number of aliphatic imine (C=N–C) groups is 1. The van der Waals surface area contributed by atoms with Crippen LogP contribution in [0, 0.1) is 0 Å². The van der Waals surface area contributed by atoms with Crippen LogP contribution in [0.1, 0.15) is 18.5 Å². The molecule has 154 valence electrons. The number of guanidine groups is 1. The molecule has 0 bridgehead atoms. The van der Waals surface area contributed by atoms with Crippen LogP contribution in [0.15, 0.2) is 41.7 Å². The molecule has 1 heterocycles. The van der Waals surface area contributed by atoms with Gasteiger partial charge in [-0.15, -0.1) is 0 Å². The Morgan fingerprint density at radius 2 is 1.96 bits per heavy atom. The summed E-state index contributed by atoms with van der Waals surface area (Å²) in [6, 6.07) is 7.79. The molecule has 2 rings (SSSR count). The second-order valence-corrected chi connectivity index (χ2v) is 6.87. The normalized spacial score (nSPS) is 13.9. The van der Waals surface area contributed by atoms with Gasteiger partial charge in [0.05, 0.1) is 25.9 Å². The number of ether oxygens (including phenoxy) is 2. The first kappa shape index (κ1) is 21.6.